The largest absolute Gasteiger partial charge is 0.471 e. The first-order chi connectivity index (χ1) is 8.25. The standard InChI is InChI=1S/C9H8ClF4N3O/c10-5-2-6(11)4(1-7(5)17-15)3-16-8(18)9(12,13)14/h1-2,17H,3,15H2,(H,16,18). The molecule has 0 fully saturated rings. The van der Waals surface area contributed by atoms with E-state index in [1.165, 1.54) is 5.32 Å². The number of rotatable bonds is 3. The predicted octanol–water partition coefficient (Wildman–Crippen LogP) is 1.94. The molecule has 100 valence electrons. The quantitative estimate of drug-likeness (QED) is 0.452. The van der Waals surface area contributed by atoms with Crippen LogP contribution in [0.5, 0.6) is 0 Å². The zero-order chi connectivity index (χ0) is 13.9. The summed E-state index contributed by atoms with van der Waals surface area (Å²) in [5, 5.41) is 1.51. The molecule has 1 aromatic rings. The molecule has 0 aliphatic rings. The van der Waals surface area contributed by atoms with Crippen molar-refractivity contribution in [2.75, 3.05) is 5.43 Å². The Morgan fingerprint density at radius 2 is 2.00 bits per heavy atom. The average Bonchev–Trinajstić information content (AvgIpc) is 2.26. The summed E-state index contributed by atoms with van der Waals surface area (Å²) in [6, 6.07) is 1.99. The number of carbonyl (C=O) groups excluding carboxylic acids is 1. The van der Waals surface area contributed by atoms with Gasteiger partial charge in [-0.25, -0.2) is 4.39 Å². The van der Waals surface area contributed by atoms with Crippen molar-refractivity contribution in [3.05, 3.63) is 28.5 Å². The Hall–Kier alpha value is -1.54. The van der Waals surface area contributed by atoms with E-state index in [9.17, 15) is 22.4 Å². The number of hydrazine groups is 1. The first kappa shape index (κ1) is 14.5. The van der Waals surface area contributed by atoms with Crippen LogP contribution in [0, 0.1) is 5.82 Å². The molecule has 0 unspecified atom stereocenters. The Kier molecular flexibility index (Phi) is 4.36. The zero-order valence-electron chi connectivity index (χ0n) is 8.74. The van der Waals surface area contributed by atoms with E-state index in [0.29, 0.717) is 0 Å². The van der Waals surface area contributed by atoms with E-state index in [4.69, 9.17) is 17.4 Å². The Morgan fingerprint density at radius 3 is 2.50 bits per heavy atom. The number of hydrogen-bond donors (Lipinski definition) is 3. The number of hydrogen-bond acceptors (Lipinski definition) is 3. The highest BCUT2D eigenvalue weighted by Gasteiger charge is 2.38. The van der Waals surface area contributed by atoms with Gasteiger partial charge in [0.05, 0.1) is 10.7 Å². The Balaban J connectivity index is 2.83. The molecule has 1 amide bonds. The first-order valence-electron chi connectivity index (χ1n) is 4.55. The Morgan fingerprint density at radius 1 is 1.39 bits per heavy atom. The minimum absolute atomic E-state index is 0.0269. The number of nitrogens with two attached hydrogens (primary N) is 1. The van der Waals surface area contributed by atoms with Gasteiger partial charge in [0.1, 0.15) is 5.82 Å². The lowest BCUT2D eigenvalue weighted by molar-refractivity contribution is -0.173. The van der Waals surface area contributed by atoms with Crippen molar-refractivity contribution < 1.29 is 22.4 Å². The molecule has 9 heteroatoms. The molecule has 0 aliphatic heterocycles. The normalized spacial score (nSPS) is 11.2. The molecule has 0 aromatic heterocycles. The maximum Gasteiger partial charge on any atom is 0.471 e. The van der Waals surface area contributed by atoms with Crippen molar-refractivity contribution >= 4 is 23.2 Å². The predicted molar refractivity (Wildman–Crippen MR) is 57.1 cm³/mol. The van der Waals surface area contributed by atoms with Gasteiger partial charge >= 0.3 is 12.1 Å². The minimum atomic E-state index is -5.02. The fraction of sp³-hybridized carbons (Fsp3) is 0.222. The van der Waals surface area contributed by atoms with Gasteiger partial charge in [0.2, 0.25) is 0 Å². The molecule has 4 N–H and O–H groups in total. The van der Waals surface area contributed by atoms with E-state index >= 15 is 0 Å². The maximum absolute atomic E-state index is 13.3. The fourth-order valence-electron chi connectivity index (χ4n) is 1.12. The lowest BCUT2D eigenvalue weighted by Gasteiger charge is -2.11. The van der Waals surface area contributed by atoms with Crippen LogP contribution in [0.1, 0.15) is 5.56 Å². The van der Waals surface area contributed by atoms with Crippen LogP contribution in [0.3, 0.4) is 0 Å². The van der Waals surface area contributed by atoms with Gasteiger partial charge in [-0.3, -0.25) is 10.6 Å². The Labute approximate surface area is 104 Å². The summed E-state index contributed by atoms with van der Waals surface area (Å²) in [7, 11) is 0. The number of halogens is 5. The number of amides is 1. The summed E-state index contributed by atoms with van der Waals surface area (Å²) in [5.74, 6) is 2.07. The molecule has 18 heavy (non-hydrogen) atoms. The first-order valence-corrected chi connectivity index (χ1v) is 4.93. The van der Waals surface area contributed by atoms with Crippen LogP contribution >= 0.6 is 11.6 Å². The summed E-state index contributed by atoms with van der Waals surface area (Å²) in [6.45, 7) is -0.629. The molecule has 0 aliphatic carbocycles. The number of anilines is 1. The van der Waals surface area contributed by atoms with Crippen LogP contribution in [0.25, 0.3) is 0 Å². The minimum Gasteiger partial charge on any atom is -0.344 e. The second-order valence-corrected chi connectivity index (χ2v) is 3.66. The van der Waals surface area contributed by atoms with Crippen LogP contribution in [-0.4, -0.2) is 12.1 Å². The molecule has 0 bridgehead atoms. The molecule has 0 saturated heterocycles. The van der Waals surface area contributed by atoms with E-state index in [-0.39, 0.29) is 16.3 Å². The molecule has 0 heterocycles. The third kappa shape index (κ3) is 3.47. The van der Waals surface area contributed by atoms with Crippen molar-refractivity contribution in [2.24, 2.45) is 5.84 Å². The van der Waals surface area contributed by atoms with E-state index in [1.54, 1.807) is 0 Å². The van der Waals surface area contributed by atoms with Crippen LogP contribution < -0.4 is 16.6 Å². The second-order valence-electron chi connectivity index (χ2n) is 3.25. The molecular formula is C9H8ClF4N3O. The van der Waals surface area contributed by atoms with E-state index in [2.05, 4.69) is 5.43 Å². The lowest BCUT2D eigenvalue weighted by atomic mass is 10.2. The zero-order valence-corrected chi connectivity index (χ0v) is 9.49. The van der Waals surface area contributed by atoms with Gasteiger partial charge in [-0.05, 0) is 12.1 Å². The monoisotopic (exact) mass is 285 g/mol. The van der Waals surface area contributed by atoms with E-state index in [1.807, 2.05) is 0 Å². The van der Waals surface area contributed by atoms with Crippen LogP contribution in [0.4, 0.5) is 23.2 Å². The second kappa shape index (κ2) is 5.40. The number of alkyl halides is 3. The van der Waals surface area contributed by atoms with E-state index < -0.39 is 24.4 Å². The molecule has 0 atom stereocenters. The molecule has 1 rings (SSSR count). The van der Waals surface area contributed by atoms with Crippen molar-refractivity contribution in [1.82, 2.24) is 5.32 Å². The molecule has 0 saturated carbocycles. The van der Waals surface area contributed by atoms with Gasteiger partial charge in [0, 0.05) is 12.1 Å². The van der Waals surface area contributed by atoms with Gasteiger partial charge < -0.3 is 10.7 Å². The van der Waals surface area contributed by atoms with Crippen molar-refractivity contribution in [1.29, 1.82) is 0 Å². The average molecular weight is 286 g/mol. The Bertz CT molecular complexity index is 464. The van der Waals surface area contributed by atoms with Crippen molar-refractivity contribution in [3.63, 3.8) is 0 Å². The van der Waals surface area contributed by atoms with Crippen molar-refractivity contribution in [3.8, 4) is 0 Å². The van der Waals surface area contributed by atoms with E-state index in [0.717, 1.165) is 12.1 Å². The molecule has 1 aromatic carbocycles. The van der Waals surface area contributed by atoms with Crippen molar-refractivity contribution in [2.45, 2.75) is 12.7 Å². The van der Waals surface area contributed by atoms with Crippen LogP contribution in [-0.2, 0) is 11.3 Å². The number of benzene rings is 1. The number of nitrogens with one attached hydrogen (secondary N) is 2. The third-order valence-corrected chi connectivity index (χ3v) is 2.30. The van der Waals surface area contributed by atoms with Gasteiger partial charge in [0.25, 0.3) is 0 Å². The summed E-state index contributed by atoms with van der Waals surface area (Å²) < 4.78 is 49.0. The van der Waals surface area contributed by atoms with Crippen LogP contribution in [0.15, 0.2) is 12.1 Å². The van der Waals surface area contributed by atoms with Gasteiger partial charge in [-0.2, -0.15) is 13.2 Å². The molecular weight excluding hydrogens is 278 g/mol. The summed E-state index contributed by atoms with van der Waals surface area (Å²) >= 11 is 5.59. The number of carbonyl (C=O) groups is 1. The summed E-state index contributed by atoms with van der Waals surface area (Å²) in [6.07, 6.45) is -5.02. The topological polar surface area (TPSA) is 67.2 Å². The molecule has 4 nitrogen and oxygen atoms in total. The number of nitrogen functional groups attached to an aromatic ring is 1. The molecule has 0 radical (unpaired) electrons. The highest BCUT2D eigenvalue weighted by atomic mass is 35.5. The summed E-state index contributed by atoms with van der Waals surface area (Å²) in [5.41, 5.74) is 2.10. The van der Waals surface area contributed by atoms with Gasteiger partial charge in [-0.15, -0.1) is 0 Å². The lowest BCUT2D eigenvalue weighted by Crippen LogP contribution is -2.36. The SMILES string of the molecule is NNc1cc(CNC(=O)C(F)(F)F)c(F)cc1Cl. The van der Waals surface area contributed by atoms with Gasteiger partial charge in [0.15, 0.2) is 0 Å². The third-order valence-electron chi connectivity index (χ3n) is 1.99. The maximum atomic E-state index is 13.3. The van der Waals surface area contributed by atoms with Gasteiger partial charge in [-0.1, -0.05) is 11.6 Å². The smallest absolute Gasteiger partial charge is 0.344 e. The fourth-order valence-corrected chi connectivity index (χ4v) is 1.32. The highest BCUT2D eigenvalue weighted by molar-refractivity contribution is 6.33. The summed E-state index contributed by atoms with van der Waals surface area (Å²) in [4.78, 5) is 10.5. The van der Waals surface area contributed by atoms with Crippen LogP contribution in [0.2, 0.25) is 5.02 Å². The highest BCUT2D eigenvalue weighted by Crippen LogP contribution is 2.25. The molecule has 0 spiro atoms.